The average molecular weight is 738 g/mol. The van der Waals surface area contributed by atoms with Crippen molar-refractivity contribution >= 4 is 65.2 Å². The van der Waals surface area contributed by atoms with Gasteiger partial charge in [-0.15, -0.1) is 0 Å². The molecule has 58 heavy (non-hydrogen) atoms. The first kappa shape index (κ1) is 31.3. The van der Waals surface area contributed by atoms with Gasteiger partial charge in [-0.25, -0.2) is 15.0 Å². The van der Waals surface area contributed by atoms with E-state index in [1.807, 2.05) is 18.2 Å². The van der Waals surface area contributed by atoms with Gasteiger partial charge in [-0.05, 0) is 81.9 Å². The lowest BCUT2D eigenvalue weighted by Crippen LogP contribution is -2.01. The summed E-state index contributed by atoms with van der Waals surface area (Å²) in [5.74, 6) is 1.92. The second-order valence-electron chi connectivity index (χ2n) is 15.2. The van der Waals surface area contributed by atoms with Crippen LogP contribution in [0.25, 0.3) is 122 Å². The molecule has 1 aliphatic rings. The summed E-state index contributed by atoms with van der Waals surface area (Å²) >= 11 is 0. The summed E-state index contributed by atoms with van der Waals surface area (Å²) in [6, 6.07) is 67.2. The number of benzene rings is 9. The maximum Gasteiger partial charge on any atom is 0.164 e. The molecule has 0 bridgehead atoms. The van der Waals surface area contributed by atoms with Crippen LogP contribution in [-0.4, -0.2) is 24.1 Å². The molecule has 0 spiro atoms. The average Bonchev–Trinajstić information content (AvgIpc) is 3.78. The Morgan fingerprint density at radius 1 is 0.276 bits per heavy atom. The summed E-state index contributed by atoms with van der Waals surface area (Å²) in [6.45, 7) is 0. The smallest absolute Gasteiger partial charge is 0.164 e. The fourth-order valence-corrected chi connectivity index (χ4v) is 9.56. The minimum atomic E-state index is 0.632. The van der Waals surface area contributed by atoms with Crippen molar-refractivity contribution in [2.24, 2.45) is 0 Å². The third kappa shape index (κ3) is 4.38. The van der Waals surface area contributed by atoms with Crippen LogP contribution in [0.2, 0.25) is 0 Å². The van der Waals surface area contributed by atoms with E-state index in [0.29, 0.717) is 17.5 Å². The van der Waals surface area contributed by atoms with Gasteiger partial charge in [0.15, 0.2) is 17.5 Å². The summed E-state index contributed by atoms with van der Waals surface area (Å²) in [5.41, 5.74) is 12.3. The Morgan fingerprint density at radius 3 is 1.43 bits per heavy atom. The van der Waals surface area contributed by atoms with Crippen LogP contribution in [0.1, 0.15) is 0 Å². The number of hydrogen-bond donors (Lipinski definition) is 0. The molecule has 268 valence electrons. The Morgan fingerprint density at radius 2 is 0.759 bits per heavy atom. The van der Waals surface area contributed by atoms with Crippen LogP contribution in [0.3, 0.4) is 0 Å². The van der Waals surface area contributed by atoms with Crippen molar-refractivity contribution < 1.29 is 0 Å². The number of fused-ring (bicyclic) bond motifs is 2. The van der Waals surface area contributed by atoms with E-state index in [4.69, 9.17) is 15.0 Å². The Balaban J connectivity index is 1.07. The molecule has 0 saturated heterocycles. The summed E-state index contributed by atoms with van der Waals surface area (Å²) in [5, 5.41) is 10.1. The molecule has 5 heteroatoms. The van der Waals surface area contributed by atoms with E-state index >= 15 is 0 Å². The van der Waals surface area contributed by atoms with E-state index < -0.39 is 0 Å². The molecule has 12 aromatic rings. The second-order valence-corrected chi connectivity index (χ2v) is 15.2. The molecule has 1 aliphatic carbocycles. The van der Waals surface area contributed by atoms with Crippen LogP contribution in [0.5, 0.6) is 0 Å². The lowest BCUT2D eigenvalue weighted by atomic mass is 9.98. The zero-order valence-corrected chi connectivity index (χ0v) is 31.1. The van der Waals surface area contributed by atoms with Gasteiger partial charge in [0.1, 0.15) is 0 Å². The number of nitrogens with zero attached hydrogens (tertiary/aromatic N) is 5. The molecule has 9 aromatic carbocycles. The van der Waals surface area contributed by atoms with Crippen molar-refractivity contribution in [3.63, 3.8) is 0 Å². The van der Waals surface area contributed by atoms with Gasteiger partial charge in [-0.1, -0.05) is 133 Å². The van der Waals surface area contributed by atoms with E-state index in [-0.39, 0.29) is 0 Å². The van der Waals surface area contributed by atoms with Crippen LogP contribution in [0.4, 0.5) is 0 Å². The first-order valence-electron chi connectivity index (χ1n) is 19.7. The Bertz CT molecular complexity index is 3670. The molecule has 5 nitrogen and oxygen atoms in total. The van der Waals surface area contributed by atoms with Gasteiger partial charge in [-0.3, -0.25) is 0 Å². The fraction of sp³-hybridized carbons (Fsp3) is 0. The zero-order valence-electron chi connectivity index (χ0n) is 31.1. The van der Waals surface area contributed by atoms with Crippen LogP contribution in [-0.2, 0) is 0 Å². The predicted octanol–water partition coefficient (Wildman–Crippen LogP) is 13.4. The lowest BCUT2D eigenvalue weighted by molar-refractivity contribution is 1.07. The van der Waals surface area contributed by atoms with Gasteiger partial charge in [0.05, 0.1) is 22.1 Å². The van der Waals surface area contributed by atoms with Crippen LogP contribution in [0.15, 0.2) is 188 Å². The quantitative estimate of drug-likeness (QED) is 0.177. The van der Waals surface area contributed by atoms with Gasteiger partial charge in [0, 0.05) is 55.0 Å². The SMILES string of the molecule is c1ccc(-c2nc(-c3cccc(-n4c5cccc6c5c5c7c(ccc8c7c7c-6cccc7n8-c6ccccc6)ccc54)c3)nc(-c3ccc4ccccc4c3)n2)cc1. The van der Waals surface area contributed by atoms with Gasteiger partial charge < -0.3 is 9.13 Å². The topological polar surface area (TPSA) is 48.5 Å². The van der Waals surface area contributed by atoms with E-state index in [2.05, 4.69) is 179 Å². The highest BCUT2D eigenvalue weighted by molar-refractivity contribution is 6.38. The summed E-state index contributed by atoms with van der Waals surface area (Å²) in [7, 11) is 0. The van der Waals surface area contributed by atoms with Crippen LogP contribution >= 0.6 is 0 Å². The summed E-state index contributed by atoms with van der Waals surface area (Å²) in [6.07, 6.45) is 0. The normalized spacial score (nSPS) is 12.1. The van der Waals surface area contributed by atoms with Crippen molar-refractivity contribution in [1.29, 1.82) is 0 Å². The van der Waals surface area contributed by atoms with Crippen molar-refractivity contribution in [1.82, 2.24) is 24.1 Å². The van der Waals surface area contributed by atoms with E-state index in [0.717, 1.165) is 33.5 Å². The monoisotopic (exact) mass is 737 g/mol. The van der Waals surface area contributed by atoms with Crippen molar-refractivity contribution in [3.8, 4) is 56.7 Å². The first-order valence-corrected chi connectivity index (χ1v) is 19.7. The maximum atomic E-state index is 5.17. The molecule has 0 unspecified atom stereocenters. The Labute approximate surface area is 332 Å². The molecule has 3 aromatic heterocycles. The van der Waals surface area contributed by atoms with Gasteiger partial charge in [0.2, 0.25) is 0 Å². The summed E-state index contributed by atoms with van der Waals surface area (Å²) < 4.78 is 4.86. The largest absolute Gasteiger partial charge is 0.309 e. The van der Waals surface area contributed by atoms with E-state index in [1.165, 1.54) is 70.9 Å². The molecule has 13 rings (SSSR count). The first-order chi connectivity index (χ1) is 28.8. The van der Waals surface area contributed by atoms with Gasteiger partial charge in [-0.2, -0.15) is 0 Å². The molecule has 0 amide bonds. The van der Waals surface area contributed by atoms with E-state index in [9.17, 15) is 0 Å². The maximum absolute atomic E-state index is 5.17. The molecule has 3 heterocycles. The molecular formula is C53H31N5. The molecule has 0 atom stereocenters. The summed E-state index contributed by atoms with van der Waals surface area (Å²) in [4.78, 5) is 15.3. The van der Waals surface area contributed by atoms with Gasteiger partial charge >= 0.3 is 0 Å². The Kier molecular flexibility index (Phi) is 6.38. The highest BCUT2D eigenvalue weighted by Crippen LogP contribution is 2.51. The Hall–Kier alpha value is -7.89. The molecule has 0 saturated carbocycles. The molecule has 0 N–H and O–H groups in total. The molecule has 0 radical (unpaired) electrons. The number of hydrogen-bond acceptors (Lipinski definition) is 3. The highest BCUT2D eigenvalue weighted by atomic mass is 15.0. The fourth-order valence-electron chi connectivity index (χ4n) is 9.56. The molecule has 0 fully saturated rings. The van der Waals surface area contributed by atoms with Crippen LogP contribution in [0, 0.1) is 0 Å². The molecular weight excluding hydrogens is 707 g/mol. The van der Waals surface area contributed by atoms with Crippen molar-refractivity contribution in [2.75, 3.05) is 0 Å². The predicted molar refractivity (Wildman–Crippen MR) is 239 cm³/mol. The second kappa shape index (κ2) is 11.8. The minimum absolute atomic E-state index is 0.632. The minimum Gasteiger partial charge on any atom is -0.309 e. The number of rotatable bonds is 5. The van der Waals surface area contributed by atoms with Gasteiger partial charge in [0.25, 0.3) is 0 Å². The number of aromatic nitrogens is 5. The third-order valence-corrected chi connectivity index (χ3v) is 12.0. The lowest BCUT2D eigenvalue weighted by Gasteiger charge is -2.13. The van der Waals surface area contributed by atoms with Crippen molar-refractivity contribution in [3.05, 3.63) is 188 Å². The van der Waals surface area contributed by atoms with Crippen molar-refractivity contribution in [2.45, 2.75) is 0 Å². The van der Waals surface area contributed by atoms with Crippen LogP contribution < -0.4 is 0 Å². The number of para-hydroxylation sites is 1. The highest BCUT2D eigenvalue weighted by Gasteiger charge is 2.27. The third-order valence-electron chi connectivity index (χ3n) is 12.0. The standard InChI is InChI=1S/C53H31N5/c1-3-13-34(14-4-1)51-54-52(56-53(55-51)37-25-24-32-12-7-8-15-35(32)30-37)36-16-9-19-39(31-36)58-43-23-11-21-41-40-20-10-22-42-47(40)49-44(57(42)38-17-5-2-6-18-38)28-26-33-27-29-45(58)50(46(33)49)48(41)43/h1-31H. The molecule has 0 aliphatic heterocycles. The zero-order chi connectivity index (χ0) is 37.9. The van der Waals surface area contributed by atoms with E-state index in [1.54, 1.807) is 0 Å².